The summed E-state index contributed by atoms with van der Waals surface area (Å²) in [4.78, 5) is 24.7. The van der Waals surface area contributed by atoms with E-state index < -0.39 is 16.6 Å². The zero-order valence-electron chi connectivity index (χ0n) is 10.5. The van der Waals surface area contributed by atoms with Crippen molar-refractivity contribution in [1.82, 2.24) is 4.98 Å². The summed E-state index contributed by atoms with van der Waals surface area (Å²) >= 11 is 5.74. The number of pyridine rings is 1. The molecule has 1 aromatic carbocycles. The van der Waals surface area contributed by atoms with Crippen molar-refractivity contribution in [3.05, 3.63) is 62.8 Å². The van der Waals surface area contributed by atoms with Crippen LogP contribution in [0.15, 0.2) is 36.4 Å². The number of hydrogen-bond acceptors (Lipinski definition) is 5. The molecule has 0 amide bonds. The minimum absolute atomic E-state index is 0.00802. The molecule has 1 aromatic heterocycles. The van der Waals surface area contributed by atoms with E-state index in [4.69, 9.17) is 21.4 Å². The third-order valence-electron chi connectivity index (χ3n) is 2.54. The molecule has 2 rings (SSSR count). The Hall–Kier alpha value is -2.67. The summed E-state index contributed by atoms with van der Waals surface area (Å²) in [6, 6.07) is 8.78. The first-order chi connectivity index (χ1) is 9.97. The van der Waals surface area contributed by atoms with Gasteiger partial charge in [0.2, 0.25) is 0 Å². The normalized spacial score (nSPS) is 10.1. The average molecular weight is 309 g/mol. The minimum Gasteiger partial charge on any atom is -0.477 e. The molecule has 0 fully saturated rings. The fourth-order valence-electron chi connectivity index (χ4n) is 1.53. The molecule has 1 heterocycles. The molecule has 0 radical (unpaired) electrons. The second-order valence-corrected chi connectivity index (χ2v) is 4.43. The Morgan fingerprint density at radius 2 is 1.95 bits per heavy atom. The van der Waals surface area contributed by atoms with Gasteiger partial charge in [-0.15, -0.1) is 0 Å². The Labute approximate surface area is 123 Å². The van der Waals surface area contributed by atoms with E-state index in [0.717, 1.165) is 17.7 Å². The molecule has 8 heteroatoms. The summed E-state index contributed by atoms with van der Waals surface area (Å²) in [6.07, 6.45) is 0. The number of carboxylic acids is 1. The number of halogens is 1. The SMILES string of the molecule is O=C(O)c1ccc([N+](=O)[O-])c(OCc2ccc(Cl)cc2)n1. The lowest BCUT2D eigenvalue weighted by molar-refractivity contribution is -0.386. The van der Waals surface area contributed by atoms with E-state index in [9.17, 15) is 14.9 Å². The van der Waals surface area contributed by atoms with Gasteiger partial charge < -0.3 is 9.84 Å². The van der Waals surface area contributed by atoms with Crippen molar-refractivity contribution in [2.45, 2.75) is 6.61 Å². The van der Waals surface area contributed by atoms with Crippen LogP contribution in [0.25, 0.3) is 0 Å². The number of aromatic nitrogens is 1. The molecule has 1 N–H and O–H groups in total. The topological polar surface area (TPSA) is 103 Å². The first-order valence-electron chi connectivity index (χ1n) is 5.73. The molecular formula is C13H9ClN2O5. The average Bonchev–Trinajstić information content (AvgIpc) is 2.46. The molecule has 21 heavy (non-hydrogen) atoms. The number of carboxylic acid groups (broad SMARTS) is 1. The molecular weight excluding hydrogens is 300 g/mol. The Kier molecular flexibility index (Phi) is 4.34. The van der Waals surface area contributed by atoms with Crippen LogP contribution in [-0.4, -0.2) is 21.0 Å². The van der Waals surface area contributed by atoms with Crippen molar-refractivity contribution in [1.29, 1.82) is 0 Å². The minimum atomic E-state index is -1.29. The molecule has 0 aliphatic heterocycles. The van der Waals surface area contributed by atoms with Gasteiger partial charge in [0.05, 0.1) is 4.92 Å². The van der Waals surface area contributed by atoms with Crippen molar-refractivity contribution in [2.24, 2.45) is 0 Å². The van der Waals surface area contributed by atoms with Crippen molar-refractivity contribution in [3.63, 3.8) is 0 Å². The first kappa shape index (κ1) is 14.7. The number of benzene rings is 1. The molecule has 0 aliphatic carbocycles. The highest BCUT2D eigenvalue weighted by molar-refractivity contribution is 6.30. The molecule has 0 saturated heterocycles. The Bertz CT molecular complexity index is 687. The molecule has 7 nitrogen and oxygen atoms in total. The zero-order chi connectivity index (χ0) is 15.4. The van der Waals surface area contributed by atoms with Crippen molar-refractivity contribution >= 4 is 23.3 Å². The second kappa shape index (κ2) is 6.19. The third-order valence-corrected chi connectivity index (χ3v) is 2.80. The van der Waals surface area contributed by atoms with Gasteiger partial charge in [-0.25, -0.2) is 9.78 Å². The number of nitrogens with zero attached hydrogens (tertiary/aromatic N) is 2. The van der Waals surface area contributed by atoms with Gasteiger partial charge in [-0.3, -0.25) is 10.1 Å². The van der Waals surface area contributed by atoms with E-state index in [1.165, 1.54) is 0 Å². The van der Waals surface area contributed by atoms with Gasteiger partial charge in [0.15, 0.2) is 5.69 Å². The van der Waals surface area contributed by atoms with E-state index >= 15 is 0 Å². The van der Waals surface area contributed by atoms with Crippen LogP contribution in [0.5, 0.6) is 5.88 Å². The van der Waals surface area contributed by atoms with Crippen LogP contribution < -0.4 is 4.74 Å². The summed E-state index contributed by atoms with van der Waals surface area (Å²) in [6.45, 7) is 0.00802. The highest BCUT2D eigenvalue weighted by Gasteiger charge is 2.20. The molecule has 0 bridgehead atoms. The van der Waals surface area contributed by atoms with Crippen LogP contribution >= 0.6 is 11.6 Å². The molecule has 2 aromatic rings. The van der Waals surface area contributed by atoms with E-state index in [-0.39, 0.29) is 18.2 Å². The lowest BCUT2D eigenvalue weighted by Gasteiger charge is -2.06. The van der Waals surface area contributed by atoms with Crippen LogP contribution in [0, 0.1) is 10.1 Å². The number of aromatic carboxylic acids is 1. The van der Waals surface area contributed by atoms with Crippen molar-refractivity contribution in [2.75, 3.05) is 0 Å². The van der Waals surface area contributed by atoms with Gasteiger partial charge >= 0.3 is 11.7 Å². The van der Waals surface area contributed by atoms with Gasteiger partial charge in [-0.1, -0.05) is 23.7 Å². The molecule has 0 spiro atoms. The quantitative estimate of drug-likeness (QED) is 0.673. The molecule has 108 valence electrons. The largest absolute Gasteiger partial charge is 0.477 e. The highest BCUT2D eigenvalue weighted by atomic mass is 35.5. The molecule has 0 unspecified atom stereocenters. The van der Waals surface area contributed by atoms with E-state index in [1.807, 2.05) is 0 Å². The number of carbonyl (C=O) groups is 1. The van der Waals surface area contributed by atoms with Crippen LogP contribution in [0.1, 0.15) is 16.1 Å². The smallest absolute Gasteiger partial charge is 0.354 e. The number of rotatable bonds is 5. The maximum absolute atomic E-state index is 10.9. The van der Waals surface area contributed by atoms with Gasteiger partial charge in [0, 0.05) is 11.1 Å². The lowest BCUT2D eigenvalue weighted by Crippen LogP contribution is -2.06. The molecule has 0 atom stereocenters. The third kappa shape index (κ3) is 3.67. The second-order valence-electron chi connectivity index (χ2n) is 4.00. The van der Waals surface area contributed by atoms with Gasteiger partial charge in [0.25, 0.3) is 5.88 Å². The number of ether oxygens (including phenoxy) is 1. The fraction of sp³-hybridized carbons (Fsp3) is 0.0769. The molecule has 0 aliphatic rings. The zero-order valence-corrected chi connectivity index (χ0v) is 11.3. The van der Waals surface area contributed by atoms with Crippen LogP contribution in [0.3, 0.4) is 0 Å². The fourth-order valence-corrected chi connectivity index (χ4v) is 1.66. The summed E-state index contributed by atoms with van der Waals surface area (Å²) in [5, 5.41) is 20.3. The Morgan fingerprint density at radius 3 is 2.52 bits per heavy atom. The lowest BCUT2D eigenvalue weighted by atomic mass is 10.2. The predicted molar refractivity (Wildman–Crippen MR) is 73.6 cm³/mol. The van der Waals surface area contributed by atoms with Gasteiger partial charge in [0.1, 0.15) is 6.61 Å². The number of nitro groups is 1. The van der Waals surface area contributed by atoms with Gasteiger partial charge in [-0.2, -0.15) is 0 Å². The standard InChI is InChI=1S/C13H9ClN2O5/c14-9-3-1-8(2-4-9)7-21-12-11(16(19)20)6-5-10(15-12)13(17)18/h1-6H,7H2,(H,17,18). The predicted octanol–water partition coefficient (Wildman–Crippen LogP) is 2.92. The summed E-state index contributed by atoms with van der Waals surface area (Å²) in [5.74, 6) is -1.63. The monoisotopic (exact) mass is 308 g/mol. The van der Waals surface area contributed by atoms with Crippen molar-refractivity contribution in [3.8, 4) is 5.88 Å². The van der Waals surface area contributed by atoms with Gasteiger partial charge in [-0.05, 0) is 23.8 Å². The summed E-state index contributed by atoms with van der Waals surface area (Å²) in [7, 11) is 0. The maximum Gasteiger partial charge on any atom is 0.354 e. The Balaban J connectivity index is 2.24. The van der Waals surface area contributed by atoms with Crippen LogP contribution in [-0.2, 0) is 6.61 Å². The van der Waals surface area contributed by atoms with Crippen molar-refractivity contribution < 1.29 is 19.6 Å². The maximum atomic E-state index is 10.9. The summed E-state index contributed by atoms with van der Waals surface area (Å²) < 4.78 is 5.26. The van der Waals surface area contributed by atoms with Crippen LogP contribution in [0.4, 0.5) is 5.69 Å². The van der Waals surface area contributed by atoms with E-state index in [2.05, 4.69) is 4.98 Å². The summed E-state index contributed by atoms with van der Waals surface area (Å²) in [5.41, 5.74) is -0.00287. The Morgan fingerprint density at radius 1 is 1.29 bits per heavy atom. The van der Waals surface area contributed by atoms with E-state index in [0.29, 0.717) is 5.02 Å². The van der Waals surface area contributed by atoms with E-state index in [1.54, 1.807) is 24.3 Å². The number of hydrogen-bond donors (Lipinski definition) is 1. The highest BCUT2D eigenvalue weighted by Crippen LogP contribution is 2.25. The van der Waals surface area contributed by atoms with Crippen LogP contribution in [0.2, 0.25) is 5.02 Å². The first-order valence-corrected chi connectivity index (χ1v) is 6.11. The molecule has 0 saturated carbocycles.